The second kappa shape index (κ2) is 9.52. The van der Waals surface area contributed by atoms with Gasteiger partial charge in [0.1, 0.15) is 0 Å². The van der Waals surface area contributed by atoms with E-state index in [0.29, 0.717) is 28.8 Å². The van der Waals surface area contributed by atoms with E-state index in [4.69, 9.17) is 23.2 Å². The van der Waals surface area contributed by atoms with Crippen LogP contribution < -0.4 is 10.6 Å². The number of amides is 1. The van der Waals surface area contributed by atoms with Crippen molar-refractivity contribution in [1.29, 1.82) is 0 Å². The van der Waals surface area contributed by atoms with Gasteiger partial charge >= 0.3 is 0 Å². The lowest BCUT2D eigenvalue weighted by Gasteiger charge is -2.22. The van der Waals surface area contributed by atoms with Gasteiger partial charge in [-0.05, 0) is 56.0 Å². The fraction of sp³-hybridized carbons (Fsp3) is 0.533. The molecule has 1 amide bonds. The SMILES string of the molecule is Cl.O=C(CCc1ccc(Cl)cc1Cl)NCC1CCCNC1. The molecule has 118 valence electrons. The van der Waals surface area contributed by atoms with Crippen molar-refractivity contribution in [2.45, 2.75) is 25.7 Å². The molecule has 1 aromatic rings. The minimum absolute atomic E-state index is 0. The molecule has 21 heavy (non-hydrogen) atoms. The summed E-state index contributed by atoms with van der Waals surface area (Å²) in [6.45, 7) is 2.86. The van der Waals surface area contributed by atoms with E-state index in [9.17, 15) is 4.79 Å². The van der Waals surface area contributed by atoms with Crippen LogP contribution in [0.2, 0.25) is 10.0 Å². The van der Waals surface area contributed by atoms with Gasteiger partial charge < -0.3 is 10.6 Å². The minimum Gasteiger partial charge on any atom is -0.356 e. The number of halogens is 3. The number of hydrogen-bond donors (Lipinski definition) is 2. The average Bonchev–Trinajstić information content (AvgIpc) is 2.45. The summed E-state index contributed by atoms with van der Waals surface area (Å²) in [5, 5.41) is 7.60. The van der Waals surface area contributed by atoms with Gasteiger partial charge in [-0.2, -0.15) is 0 Å². The second-order valence-electron chi connectivity index (χ2n) is 5.25. The standard InChI is InChI=1S/C15H20Cl2N2O.ClH/c16-13-5-3-12(14(17)8-13)4-6-15(20)19-10-11-2-1-7-18-9-11;/h3,5,8,11,18H,1-2,4,6-7,9-10H2,(H,19,20);1H. The average molecular weight is 352 g/mol. The van der Waals surface area contributed by atoms with Crippen molar-refractivity contribution in [3.8, 4) is 0 Å². The van der Waals surface area contributed by atoms with E-state index < -0.39 is 0 Å². The Morgan fingerprint density at radius 1 is 1.38 bits per heavy atom. The van der Waals surface area contributed by atoms with Crippen molar-refractivity contribution >= 4 is 41.5 Å². The molecule has 3 nitrogen and oxygen atoms in total. The van der Waals surface area contributed by atoms with Gasteiger partial charge in [-0.25, -0.2) is 0 Å². The minimum atomic E-state index is 0. The number of benzene rings is 1. The Kier molecular flexibility index (Phi) is 8.42. The third-order valence-corrected chi connectivity index (χ3v) is 4.21. The highest BCUT2D eigenvalue weighted by Gasteiger charge is 2.14. The Bertz CT molecular complexity index is 462. The van der Waals surface area contributed by atoms with Gasteiger partial charge in [-0.15, -0.1) is 12.4 Å². The van der Waals surface area contributed by atoms with Crippen molar-refractivity contribution in [3.63, 3.8) is 0 Å². The lowest BCUT2D eigenvalue weighted by Crippen LogP contribution is -2.38. The predicted octanol–water partition coefficient (Wildman–Crippen LogP) is 3.46. The summed E-state index contributed by atoms with van der Waals surface area (Å²) in [6, 6.07) is 5.39. The molecule has 6 heteroatoms. The van der Waals surface area contributed by atoms with Crippen LogP contribution >= 0.6 is 35.6 Å². The fourth-order valence-corrected chi connectivity index (χ4v) is 2.92. The van der Waals surface area contributed by atoms with Crippen LogP contribution in [-0.4, -0.2) is 25.5 Å². The van der Waals surface area contributed by atoms with Crippen LogP contribution in [0, 0.1) is 5.92 Å². The first kappa shape index (κ1) is 18.6. The van der Waals surface area contributed by atoms with Crippen molar-refractivity contribution in [1.82, 2.24) is 10.6 Å². The first-order valence-corrected chi connectivity index (χ1v) is 7.82. The molecule has 1 aromatic carbocycles. The van der Waals surface area contributed by atoms with Crippen LogP contribution in [0.3, 0.4) is 0 Å². The molecule has 0 bridgehead atoms. The third-order valence-electron chi connectivity index (χ3n) is 3.62. The second-order valence-corrected chi connectivity index (χ2v) is 6.10. The van der Waals surface area contributed by atoms with Crippen LogP contribution in [0.4, 0.5) is 0 Å². The molecule has 0 radical (unpaired) electrons. The largest absolute Gasteiger partial charge is 0.356 e. The van der Waals surface area contributed by atoms with Gasteiger partial charge in [-0.1, -0.05) is 29.3 Å². The third kappa shape index (κ3) is 6.43. The fourth-order valence-electron chi connectivity index (χ4n) is 2.42. The van der Waals surface area contributed by atoms with E-state index in [1.54, 1.807) is 12.1 Å². The van der Waals surface area contributed by atoms with Crippen LogP contribution in [0.5, 0.6) is 0 Å². The molecule has 1 saturated heterocycles. The van der Waals surface area contributed by atoms with Crippen molar-refractivity contribution in [2.75, 3.05) is 19.6 Å². The smallest absolute Gasteiger partial charge is 0.220 e. The maximum Gasteiger partial charge on any atom is 0.220 e. The van der Waals surface area contributed by atoms with Gasteiger partial charge in [0.25, 0.3) is 0 Å². The zero-order valence-corrected chi connectivity index (χ0v) is 14.2. The van der Waals surface area contributed by atoms with Gasteiger partial charge in [0, 0.05) is 23.0 Å². The van der Waals surface area contributed by atoms with Crippen LogP contribution in [0.15, 0.2) is 18.2 Å². The van der Waals surface area contributed by atoms with Gasteiger partial charge in [0.05, 0.1) is 0 Å². The van der Waals surface area contributed by atoms with Crippen LogP contribution in [0.25, 0.3) is 0 Å². The Morgan fingerprint density at radius 2 is 2.19 bits per heavy atom. The highest BCUT2D eigenvalue weighted by Crippen LogP contribution is 2.22. The molecule has 1 heterocycles. The summed E-state index contributed by atoms with van der Waals surface area (Å²) in [6.07, 6.45) is 3.49. The number of piperidine rings is 1. The van der Waals surface area contributed by atoms with E-state index in [0.717, 1.165) is 25.2 Å². The highest BCUT2D eigenvalue weighted by molar-refractivity contribution is 6.35. The summed E-state index contributed by atoms with van der Waals surface area (Å²) >= 11 is 11.9. The number of carbonyl (C=O) groups excluding carboxylic acids is 1. The Balaban J connectivity index is 0.00000220. The first-order chi connectivity index (χ1) is 9.65. The molecule has 0 spiro atoms. The number of rotatable bonds is 5. The molecular formula is C15H21Cl3N2O. The molecule has 2 N–H and O–H groups in total. The summed E-state index contributed by atoms with van der Waals surface area (Å²) < 4.78 is 0. The van der Waals surface area contributed by atoms with Gasteiger partial charge in [0.15, 0.2) is 0 Å². The lowest BCUT2D eigenvalue weighted by molar-refractivity contribution is -0.121. The zero-order chi connectivity index (χ0) is 14.4. The van der Waals surface area contributed by atoms with E-state index in [-0.39, 0.29) is 18.3 Å². The van der Waals surface area contributed by atoms with E-state index in [1.165, 1.54) is 12.8 Å². The number of carbonyl (C=O) groups is 1. The van der Waals surface area contributed by atoms with Crippen molar-refractivity contribution in [3.05, 3.63) is 33.8 Å². The molecule has 0 saturated carbocycles. The number of nitrogens with one attached hydrogen (secondary N) is 2. The molecular weight excluding hydrogens is 331 g/mol. The number of aryl methyl sites for hydroxylation is 1. The maximum absolute atomic E-state index is 11.8. The topological polar surface area (TPSA) is 41.1 Å². The van der Waals surface area contributed by atoms with E-state index in [2.05, 4.69) is 10.6 Å². The van der Waals surface area contributed by atoms with E-state index in [1.807, 2.05) is 6.07 Å². The molecule has 0 aromatic heterocycles. The Morgan fingerprint density at radius 3 is 2.86 bits per heavy atom. The molecule has 1 atom stereocenters. The quantitative estimate of drug-likeness (QED) is 0.853. The monoisotopic (exact) mass is 350 g/mol. The van der Waals surface area contributed by atoms with Crippen molar-refractivity contribution < 1.29 is 4.79 Å². The van der Waals surface area contributed by atoms with Crippen molar-refractivity contribution in [2.24, 2.45) is 5.92 Å². The van der Waals surface area contributed by atoms with Crippen LogP contribution in [0.1, 0.15) is 24.8 Å². The summed E-state index contributed by atoms with van der Waals surface area (Å²) in [7, 11) is 0. The Labute approximate surface area is 142 Å². The highest BCUT2D eigenvalue weighted by atomic mass is 35.5. The number of hydrogen-bond acceptors (Lipinski definition) is 2. The molecule has 1 unspecified atom stereocenters. The summed E-state index contributed by atoms with van der Waals surface area (Å²) in [5.41, 5.74) is 0.963. The van der Waals surface area contributed by atoms with Crippen LogP contribution in [-0.2, 0) is 11.2 Å². The molecule has 1 aliphatic rings. The van der Waals surface area contributed by atoms with Gasteiger partial charge in [-0.3, -0.25) is 4.79 Å². The first-order valence-electron chi connectivity index (χ1n) is 7.06. The molecule has 1 fully saturated rings. The predicted molar refractivity (Wildman–Crippen MR) is 90.6 cm³/mol. The van der Waals surface area contributed by atoms with E-state index >= 15 is 0 Å². The maximum atomic E-state index is 11.8. The molecule has 0 aliphatic carbocycles. The summed E-state index contributed by atoms with van der Waals surface area (Å²) in [4.78, 5) is 11.8. The van der Waals surface area contributed by atoms with Gasteiger partial charge in [0.2, 0.25) is 5.91 Å². The lowest BCUT2D eigenvalue weighted by atomic mass is 10.00. The zero-order valence-electron chi connectivity index (χ0n) is 11.8. The molecule has 1 aliphatic heterocycles. The normalized spacial score (nSPS) is 17.9. The Hall–Kier alpha value is -0.480. The summed E-state index contributed by atoms with van der Waals surface area (Å²) in [5.74, 6) is 0.647. The molecule has 2 rings (SSSR count).